The molecular formula is C23H24N4O5. The number of ether oxygens (including phenoxy) is 1. The lowest BCUT2D eigenvalue weighted by Gasteiger charge is -2.25. The van der Waals surface area contributed by atoms with Gasteiger partial charge >= 0.3 is 12.0 Å². The fraction of sp³-hybridized carbons (Fsp3) is 0.261. The fourth-order valence-corrected chi connectivity index (χ4v) is 3.16. The third-order valence-electron chi connectivity index (χ3n) is 4.96. The number of rotatable bonds is 7. The fourth-order valence-electron chi connectivity index (χ4n) is 3.16. The van der Waals surface area contributed by atoms with E-state index >= 15 is 0 Å². The first-order chi connectivity index (χ1) is 15.3. The summed E-state index contributed by atoms with van der Waals surface area (Å²) in [6.07, 6.45) is 1.70. The molecule has 2 aromatic carbocycles. The first-order valence-electron chi connectivity index (χ1n) is 10.1. The summed E-state index contributed by atoms with van der Waals surface area (Å²) < 4.78 is 5.32. The minimum absolute atomic E-state index is 0.109. The summed E-state index contributed by atoms with van der Waals surface area (Å²) in [6.45, 7) is 3.83. The predicted octanol–water partition coefficient (Wildman–Crippen LogP) is 3.91. The van der Waals surface area contributed by atoms with Crippen molar-refractivity contribution in [3.63, 3.8) is 0 Å². The van der Waals surface area contributed by atoms with Crippen LogP contribution in [0.5, 0.6) is 5.75 Å². The number of fused-ring (bicyclic) bond motifs is 1. The molecule has 1 aromatic heterocycles. The summed E-state index contributed by atoms with van der Waals surface area (Å²) in [5.41, 5.74) is 0.637. The predicted molar refractivity (Wildman–Crippen MR) is 119 cm³/mol. The van der Waals surface area contributed by atoms with Crippen LogP contribution in [-0.2, 0) is 11.3 Å². The highest BCUT2D eigenvalue weighted by Gasteiger charge is 2.28. The molecule has 1 N–H and O–H groups in total. The summed E-state index contributed by atoms with van der Waals surface area (Å²) in [6, 6.07) is 13.5. The molecule has 9 heteroatoms. The molecular weight excluding hydrogens is 412 g/mol. The molecule has 2 amide bonds. The number of hydrogen-bond donors (Lipinski definition) is 1. The van der Waals surface area contributed by atoms with Gasteiger partial charge in [-0.05, 0) is 29.5 Å². The van der Waals surface area contributed by atoms with Gasteiger partial charge in [-0.25, -0.2) is 9.59 Å². The number of carbonyl (C=O) groups excluding carboxylic acids is 2. The number of nitrogens with zero attached hydrogens (tertiary/aromatic N) is 3. The van der Waals surface area contributed by atoms with Crippen molar-refractivity contribution < 1.29 is 19.2 Å². The monoisotopic (exact) mass is 436 g/mol. The average molecular weight is 436 g/mol. The number of nitro benzene ring substituents is 1. The van der Waals surface area contributed by atoms with Gasteiger partial charge in [-0.2, -0.15) is 0 Å². The molecule has 1 heterocycles. The van der Waals surface area contributed by atoms with E-state index in [4.69, 9.17) is 4.74 Å². The summed E-state index contributed by atoms with van der Waals surface area (Å²) >= 11 is 0. The minimum atomic E-state index is -0.902. The van der Waals surface area contributed by atoms with E-state index in [1.54, 1.807) is 27.1 Å². The highest BCUT2D eigenvalue weighted by molar-refractivity contribution is 5.86. The van der Waals surface area contributed by atoms with Gasteiger partial charge in [0.1, 0.15) is 11.8 Å². The Labute approximate surface area is 185 Å². The Kier molecular flexibility index (Phi) is 6.99. The standard InChI is InChI=1S/C23H24N4O5/c1-15(2)21(22(28)32-18-10-8-17(9-11-18)27(30)31)25-23(29)26(3)14-20-19-7-5-4-6-16(19)12-13-24-20/h4-13,15,21H,14H2,1-3H3,(H,25,29). The maximum Gasteiger partial charge on any atom is 0.334 e. The van der Waals surface area contributed by atoms with Crippen molar-refractivity contribution in [1.82, 2.24) is 15.2 Å². The Hall–Kier alpha value is -4.01. The average Bonchev–Trinajstić information content (AvgIpc) is 2.77. The van der Waals surface area contributed by atoms with Gasteiger partial charge < -0.3 is 15.0 Å². The van der Waals surface area contributed by atoms with Gasteiger partial charge in [-0.1, -0.05) is 38.1 Å². The van der Waals surface area contributed by atoms with Crippen molar-refractivity contribution in [2.24, 2.45) is 5.92 Å². The number of esters is 1. The third kappa shape index (κ3) is 5.37. The van der Waals surface area contributed by atoms with Gasteiger partial charge in [-0.15, -0.1) is 0 Å². The number of hydrogen-bond acceptors (Lipinski definition) is 6. The van der Waals surface area contributed by atoms with Crippen LogP contribution in [0.2, 0.25) is 0 Å². The molecule has 3 aromatic rings. The van der Waals surface area contributed by atoms with Gasteiger partial charge in [-0.3, -0.25) is 15.1 Å². The van der Waals surface area contributed by atoms with Crippen molar-refractivity contribution in [3.05, 3.63) is 76.6 Å². The lowest BCUT2D eigenvalue weighted by molar-refractivity contribution is -0.384. The molecule has 3 rings (SSSR count). The molecule has 0 spiro atoms. The Bertz CT molecular complexity index is 1130. The smallest absolute Gasteiger partial charge is 0.334 e. The van der Waals surface area contributed by atoms with E-state index in [0.29, 0.717) is 0 Å². The van der Waals surface area contributed by atoms with Crippen molar-refractivity contribution in [3.8, 4) is 5.75 Å². The number of nitrogens with one attached hydrogen (secondary N) is 1. The number of benzene rings is 2. The molecule has 0 aliphatic heterocycles. The number of amides is 2. The molecule has 0 radical (unpaired) electrons. The highest BCUT2D eigenvalue weighted by Crippen LogP contribution is 2.19. The van der Waals surface area contributed by atoms with Gasteiger partial charge in [0.25, 0.3) is 5.69 Å². The second-order valence-corrected chi connectivity index (χ2v) is 7.68. The maximum atomic E-state index is 12.8. The van der Waals surface area contributed by atoms with E-state index in [9.17, 15) is 19.7 Å². The Balaban J connectivity index is 1.67. The number of nitro groups is 1. The van der Waals surface area contributed by atoms with Crippen LogP contribution in [0.4, 0.5) is 10.5 Å². The first-order valence-corrected chi connectivity index (χ1v) is 10.1. The Morgan fingerprint density at radius 1 is 1.12 bits per heavy atom. The molecule has 0 fully saturated rings. The minimum Gasteiger partial charge on any atom is -0.425 e. The third-order valence-corrected chi connectivity index (χ3v) is 4.96. The van der Waals surface area contributed by atoms with Gasteiger partial charge in [0.05, 0.1) is 17.2 Å². The maximum absolute atomic E-state index is 12.8. The van der Waals surface area contributed by atoms with E-state index in [1.165, 1.54) is 29.2 Å². The van der Waals surface area contributed by atoms with Crippen LogP contribution in [0, 0.1) is 16.0 Å². The van der Waals surface area contributed by atoms with Crippen LogP contribution in [0.25, 0.3) is 10.8 Å². The van der Waals surface area contributed by atoms with E-state index < -0.39 is 23.0 Å². The van der Waals surface area contributed by atoms with Gasteiger partial charge in [0.2, 0.25) is 0 Å². The van der Waals surface area contributed by atoms with E-state index in [0.717, 1.165) is 16.5 Å². The molecule has 32 heavy (non-hydrogen) atoms. The summed E-state index contributed by atoms with van der Waals surface area (Å²) in [5.74, 6) is -0.735. The molecule has 9 nitrogen and oxygen atoms in total. The number of non-ortho nitro benzene ring substituents is 1. The SMILES string of the molecule is CC(C)C(NC(=O)N(C)Cc1nccc2ccccc12)C(=O)Oc1ccc([N+](=O)[O-])cc1. The van der Waals surface area contributed by atoms with Crippen molar-refractivity contribution in [2.75, 3.05) is 7.05 Å². The molecule has 0 bridgehead atoms. The quantitative estimate of drug-likeness (QED) is 0.260. The van der Waals surface area contributed by atoms with Crippen LogP contribution in [0.15, 0.2) is 60.8 Å². The lowest BCUT2D eigenvalue weighted by Crippen LogP contribution is -2.50. The normalized spacial score (nSPS) is 11.8. The molecule has 0 saturated carbocycles. The van der Waals surface area contributed by atoms with E-state index in [1.807, 2.05) is 30.3 Å². The van der Waals surface area contributed by atoms with E-state index in [2.05, 4.69) is 10.3 Å². The van der Waals surface area contributed by atoms with Crippen LogP contribution in [0.1, 0.15) is 19.5 Å². The molecule has 166 valence electrons. The molecule has 0 aliphatic rings. The van der Waals surface area contributed by atoms with Crippen LogP contribution in [-0.4, -0.2) is 39.9 Å². The number of urea groups is 1. The number of aromatic nitrogens is 1. The number of carbonyl (C=O) groups is 2. The molecule has 1 unspecified atom stereocenters. The van der Waals surface area contributed by atoms with Gasteiger partial charge in [0.15, 0.2) is 0 Å². The molecule has 1 atom stereocenters. The first kappa shape index (κ1) is 22.7. The van der Waals surface area contributed by atoms with E-state index in [-0.39, 0.29) is 23.9 Å². The zero-order chi connectivity index (χ0) is 23.3. The van der Waals surface area contributed by atoms with Crippen LogP contribution >= 0.6 is 0 Å². The Morgan fingerprint density at radius 3 is 2.47 bits per heavy atom. The summed E-state index contributed by atoms with van der Waals surface area (Å²) in [5, 5.41) is 15.4. The second-order valence-electron chi connectivity index (χ2n) is 7.68. The number of pyridine rings is 1. The lowest BCUT2D eigenvalue weighted by atomic mass is 10.0. The molecule has 0 saturated heterocycles. The van der Waals surface area contributed by atoms with Gasteiger partial charge in [0, 0.05) is 30.8 Å². The zero-order valence-electron chi connectivity index (χ0n) is 18.0. The zero-order valence-corrected chi connectivity index (χ0v) is 18.0. The van der Waals surface area contributed by atoms with Crippen LogP contribution in [0.3, 0.4) is 0 Å². The topological polar surface area (TPSA) is 115 Å². The molecule has 0 aliphatic carbocycles. The van der Waals surface area contributed by atoms with Crippen molar-refractivity contribution >= 4 is 28.5 Å². The summed E-state index contributed by atoms with van der Waals surface area (Å²) in [4.78, 5) is 41.5. The second kappa shape index (κ2) is 9.86. The Morgan fingerprint density at radius 2 is 1.81 bits per heavy atom. The highest BCUT2D eigenvalue weighted by atomic mass is 16.6. The van der Waals surface area contributed by atoms with Crippen molar-refractivity contribution in [1.29, 1.82) is 0 Å². The van der Waals surface area contributed by atoms with Crippen LogP contribution < -0.4 is 10.1 Å². The van der Waals surface area contributed by atoms with Crippen molar-refractivity contribution in [2.45, 2.75) is 26.4 Å². The largest absolute Gasteiger partial charge is 0.425 e. The summed E-state index contributed by atoms with van der Waals surface area (Å²) in [7, 11) is 1.62.